The molecule has 0 aliphatic rings. The Hall–Kier alpha value is -2.53. The highest BCUT2D eigenvalue weighted by Crippen LogP contribution is 2.23. The molecular weight excluding hydrogens is 342 g/mol. The minimum absolute atomic E-state index is 0.320. The summed E-state index contributed by atoms with van der Waals surface area (Å²) < 4.78 is 10.4. The van der Waals surface area contributed by atoms with E-state index in [0.29, 0.717) is 22.0 Å². The van der Waals surface area contributed by atoms with Crippen LogP contribution >= 0.6 is 11.6 Å². The molecule has 0 aliphatic carbocycles. The van der Waals surface area contributed by atoms with Gasteiger partial charge in [-0.15, -0.1) is 0 Å². The average Bonchev–Trinajstić information content (AvgIpc) is 2.59. The molecule has 1 amide bonds. The van der Waals surface area contributed by atoms with Crippen LogP contribution in [0.5, 0.6) is 5.75 Å². The van der Waals surface area contributed by atoms with E-state index in [-0.39, 0.29) is 0 Å². The van der Waals surface area contributed by atoms with Crippen molar-refractivity contribution >= 4 is 29.2 Å². The summed E-state index contributed by atoms with van der Waals surface area (Å²) in [5.41, 5.74) is 2.55. The van der Waals surface area contributed by atoms with Crippen molar-refractivity contribution in [1.82, 2.24) is 0 Å². The summed E-state index contributed by atoms with van der Waals surface area (Å²) in [6.45, 7) is 5.18. The third-order valence-corrected chi connectivity index (χ3v) is 4.23. The SMILES string of the molecule is COc1cc(C(=O)O[C@H](C)C(=O)Nc2cccc(Cl)c2C)ccc1C. The molecule has 0 saturated carbocycles. The standard InChI is InChI=1S/C19H20ClNO4/c1-11-8-9-14(10-17(11)24-4)19(23)25-13(3)18(22)21-16-7-5-6-15(20)12(16)2/h5-10,13H,1-4H3,(H,21,22)/t13-/m1/s1. The lowest BCUT2D eigenvalue weighted by Gasteiger charge is -2.15. The zero-order valence-electron chi connectivity index (χ0n) is 14.6. The fourth-order valence-electron chi connectivity index (χ4n) is 2.21. The van der Waals surface area contributed by atoms with E-state index < -0.39 is 18.0 Å². The predicted octanol–water partition coefficient (Wildman–Crippen LogP) is 4.15. The molecule has 6 heteroatoms. The Kier molecular flexibility index (Phi) is 6.04. The summed E-state index contributed by atoms with van der Waals surface area (Å²) in [6.07, 6.45) is -0.960. The van der Waals surface area contributed by atoms with Gasteiger partial charge in [-0.25, -0.2) is 4.79 Å². The van der Waals surface area contributed by atoms with Gasteiger partial charge in [0.2, 0.25) is 0 Å². The smallest absolute Gasteiger partial charge is 0.339 e. The first kappa shape index (κ1) is 18.8. The number of hydrogen-bond donors (Lipinski definition) is 1. The zero-order valence-corrected chi connectivity index (χ0v) is 15.3. The van der Waals surface area contributed by atoms with Crippen LogP contribution in [0.25, 0.3) is 0 Å². The van der Waals surface area contributed by atoms with E-state index in [1.54, 1.807) is 43.3 Å². The van der Waals surface area contributed by atoms with E-state index in [9.17, 15) is 9.59 Å². The van der Waals surface area contributed by atoms with Gasteiger partial charge in [-0.3, -0.25) is 4.79 Å². The van der Waals surface area contributed by atoms with Crippen LogP contribution in [-0.4, -0.2) is 25.1 Å². The summed E-state index contributed by atoms with van der Waals surface area (Å²) in [6, 6.07) is 10.2. The molecule has 0 fully saturated rings. The first-order valence-corrected chi connectivity index (χ1v) is 8.13. The van der Waals surface area contributed by atoms with E-state index in [1.807, 2.05) is 6.92 Å². The third-order valence-electron chi connectivity index (χ3n) is 3.82. The van der Waals surface area contributed by atoms with E-state index in [4.69, 9.17) is 21.1 Å². The molecule has 0 spiro atoms. The minimum Gasteiger partial charge on any atom is -0.496 e. The number of ether oxygens (including phenoxy) is 2. The van der Waals surface area contributed by atoms with E-state index >= 15 is 0 Å². The number of hydrogen-bond acceptors (Lipinski definition) is 4. The van der Waals surface area contributed by atoms with Crippen LogP contribution in [-0.2, 0) is 9.53 Å². The molecule has 2 aromatic carbocycles. The number of aryl methyl sites for hydroxylation is 1. The zero-order chi connectivity index (χ0) is 18.6. The number of benzene rings is 2. The van der Waals surface area contributed by atoms with E-state index in [0.717, 1.165) is 11.1 Å². The molecule has 25 heavy (non-hydrogen) atoms. The summed E-state index contributed by atoms with van der Waals surface area (Å²) >= 11 is 6.03. The van der Waals surface area contributed by atoms with Gasteiger partial charge in [0.05, 0.1) is 12.7 Å². The van der Waals surface area contributed by atoms with Gasteiger partial charge in [0.25, 0.3) is 5.91 Å². The summed E-state index contributed by atoms with van der Waals surface area (Å²) in [5, 5.41) is 3.26. The number of anilines is 1. The normalized spacial score (nSPS) is 11.6. The molecule has 132 valence electrons. The maximum Gasteiger partial charge on any atom is 0.339 e. The van der Waals surface area contributed by atoms with Gasteiger partial charge in [0.1, 0.15) is 5.75 Å². The largest absolute Gasteiger partial charge is 0.496 e. The van der Waals surface area contributed by atoms with Crippen LogP contribution in [0.1, 0.15) is 28.4 Å². The number of carbonyl (C=O) groups is 2. The number of methoxy groups -OCH3 is 1. The molecule has 0 aromatic heterocycles. The van der Waals surface area contributed by atoms with Crippen molar-refractivity contribution in [2.45, 2.75) is 26.9 Å². The Morgan fingerprint density at radius 1 is 1.16 bits per heavy atom. The van der Waals surface area contributed by atoms with E-state index in [2.05, 4.69) is 5.32 Å². The van der Waals surface area contributed by atoms with Crippen molar-refractivity contribution < 1.29 is 19.1 Å². The van der Waals surface area contributed by atoms with Gasteiger partial charge >= 0.3 is 5.97 Å². The second-order valence-electron chi connectivity index (χ2n) is 5.63. The monoisotopic (exact) mass is 361 g/mol. The van der Waals surface area contributed by atoms with Gasteiger partial charge in [-0.05, 0) is 56.2 Å². The highest BCUT2D eigenvalue weighted by atomic mass is 35.5. The van der Waals surface area contributed by atoms with Gasteiger partial charge in [0.15, 0.2) is 6.10 Å². The van der Waals surface area contributed by atoms with Gasteiger partial charge in [0, 0.05) is 10.7 Å². The molecule has 0 aliphatic heterocycles. The second kappa shape index (κ2) is 8.03. The fraction of sp³-hybridized carbons (Fsp3) is 0.263. The second-order valence-corrected chi connectivity index (χ2v) is 6.04. The van der Waals surface area contributed by atoms with Crippen molar-refractivity contribution in [3.63, 3.8) is 0 Å². The van der Waals surface area contributed by atoms with Crippen molar-refractivity contribution in [3.8, 4) is 5.75 Å². The van der Waals surface area contributed by atoms with Crippen LogP contribution in [0.3, 0.4) is 0 Å². The first-order chi connectivity index (χ1) is 11.8. The van der Waals surface area contributed by atoms with Gasteiger partial charge in [-0.2, -0.15) is 0 Å². The quantitative estimate of drug-likeness (QED) is 0.812. The number of esters is 1. The highest BCUT2D eigenvalue weighted by Gasteiger charge is 2.20. The summed E-state index contributed by atoms with van der Waals surface area (Å²) in [7, 11) is 1.53. The molecule has 0 unspecified atom stereocenters. The maximum absolute atomic E-state index is 12.3. The number of rotatable bonds is 5. The lowest BCUT2D eigenvalue weighted by atomic mass is 10.1. The molecule has 0 bridgehead atoms. The first-order valence-electron chi connectivity index (χ1n) is 7.75. The minimum atomic E-state index is -0.960. The van der Waals surface area contributed by atoms with Crippen molar-refractivity contribution in [3.05, 3.63) is 58.1 Å². The van der Waals surface area contributed by atoms with Crippen molar-refractivity contribution in [2.24, 2.45) is 0 Å². The number of nitrogens with one attached hydrogen (secondary N) is 1. The number of halogens is 1. The Morgan fingerprint density at radius 3 is 2.56 bits per heavy atom. The lowest BCUT2D eigenvalue weighted by Crippen LogP contribution is -2.30. The van der Waals surface area contributed by atoms with Crippen LogP contribution < -0.4 is 10.1 Å². The number of carbonyl (C=O) groups excluding carboxylic acids is 2. The molecule has 5 nitrogen and oxygen atoms in total. The van der Waals surface area contributed by atoms with Crippen molar-refractivity contribution in [2.75, 3.05) is 12.4 Å². The maximum atomic E-state index is 12.3. The van der Waals surface area contributed by atoms with Crippen LogP contribution in [0.4, 0.5) is 5.69 Å². The summed E-state index contributed by atoms with van der Waals surface area (Å²) in [4.78, 5) is 24.5. The molecule has 0 radical (unpaired) electrons. The molecule has 2 aromatic rings. The Balaban J connectivity index is 2.05. The fourth-order valence-corrected chi connectivity index (χ4v) is 2.38. The topological polar surface area (TPSA) is 64.6 Å². The lowest BCUT2D eigenvalue weighted by molar-refractivity contribution is -0.123. The Morgan fingerprint density at radius 2 is 1.88 bits per heavy atom. The van der Waals surface area contributed by atoms with Crippen LogP contribution in [0, 0.1) is 13.8 Å². The van der Waals surface area contributed by atoms with Crippen LogP contribution in [0.2, 0.25) is 5.02 Å². The molecule has 0 heterocycles. The van der Waals surface area contributed by atoms with Gasteiger partial charge in [-0.1, -0.05) is 23.7 Å². The Bertz CT molecular complexity index is 804. The molecule has 1 N–H and O–H groups in total. The van der Waals surface area contributed by atoms with Crippen molar-refractivity contribution in [1.29, 1.82) is 0 Å². The molecule has 0 saturated heterocycles. The highest BCUT2D eigenvalue weighted by molar-refractivity contribution is 6.31. The van der Waals surface area contributed by atoms with E-state index in [1.165, 1.54) is 14.0 Å². The predicted molar refractivity (Wildman–Crippen MR) is 97.4 cm³/mol. The van der Waals surface area contributed by atoms with Gasteiger partial charge < -0.3 is 14.8 Å². The summed E-state index contributed by atoms with van der Waals surface area (Å²) in [5.74, 6) is -0.442. The number of amides is 1. The van der Waals surface area contributed by atoms with Crippen LogP contribution in [0.15, 0.2) is 36.4 Å². The molecular formula is C19H20ClNO4. The third kappa shape index (κ3) is 4.51. The Labute approximate surface area is 151 Å². The molecule has 1 atom stereocenters. The average molecular weight is 362 g/mol. The molecule has 2 rings (SSSR count).